The first-order valence-electron chi connectivity index (χ1n) is 4.65. The zero-order valence-corrected chi connectivity index (χ0v) is 8.50. The third-order valence-corrected chi connectivity index (χ3v) is 1.90. The fourth-order valence-electron chi connectivity index (χ4n) is 1.07. The Morgan fingerprint density at radius 1 is 1.64 bits per heavy atom. The van der Waals surface area contributed by atoms with E-state index in [9.17, 15) is 4.79 Å². The molecule has 0 saturated heterocycles. The van der Waals surface area contributed by atoms with E-state index in [0.29, 0.717) is 17.9 Å². The highest BCUT2D eigenvalue weighted by molar-refractivity contribution is 5.89. The molecule has 76 valence electrons. The van der Waals surface area contributed by atoms with E-state index in [2.05, 4.69) is 10.3 Å². The third-order valence-electron chi connectivity index (χ3n) is 1.90. The zero-order valence-electron chi connectivity index (χ0n) is 8.50. The average Bonchev–Trinajstić information content (AvgIpc) is 2.12. The maximum atomic E-state index is 11.2. The van der Waals surface area contributed by atoms with Crippen molar-refractivity contribution in [3.63, 3.8) is 0 Å². The van der Waals surface area contributed by atoms with Gasteiger partial charge in [-0.1, -0.05) is 6.92 Å². The van der Waals surface area contributed by atoms with Crippen molar-refractivity contribution in [3.8, 4) is 0 Å². The van der Waals surface area contributed by atoms with Crippen LogP contribution in [0.4, 0.5) is 11.5 Å². The van der Waals surface area contributed by atoms with E-state index < -0.39 is 0 Å². The van der Waals surface area contributed by atoms with E-state index in [-0.39, 0.29) is 5.91 Å². The predicted molar refractivity (Wildman–Crippen MR) is 56.9 cm³/mol. The van der Waals surface area contributed by atoms with Crippen LogP contribution in [0.1, 0.15) is 25.3 Å². The Balaban J connectivity index is 2.68. The van der Waals surface area contributed by atoms with Crippen molar-refractivity contribution in [2.24, 2.45) is 0 Å². The van der Waals surface area contributed by atoms with Crippen LogP contribution in [-0.2, 0) is 4.79 Å². The van der Waals surface area contributed by atoms with Gasteiger partial charge in [0.15, 0.2) is 0 Å². The summed E-state index contributed by atoms with van der Waals surface area (Å²) >= 11 is 0. The molecule has 0 aliphatic rings. The van der Waals surface area contributed by atoms with Crippen LogP contribution < -0.4 is 11.1 Å². The highest BCUT2D eigenvalue weighted by Crippen LogP contribution is 2.13. The number of carbonyl (C=O) groups is 1. The second-order valence-electron chi connectivity index (χ2n) is 3.22. The Morgan fingerprint density at radius 3 is 2.93 bits per heavy atom. The van der Waals surface area contributed by atoms with Gasteiger partial charge in [-0.2, -0.15) is 0 Å². The number of aromatic nitrogens is 1. The maximum Gasteiger partial charge on any atom is 0.225 e. The first-order chi connectivity index (χ1) is 6.63. The molecule has 1 amide bonds. The average molecular weight is 193 g/mol. The number of nitrogens with two attached hydrogens (primary N) is 1. The molecule has 1 aromatic rings. The van der Waals surface area contributed by atoms with Crippen LogP contribution in [-0.4, -0.2) is 10.9 Å². The van der Waals surface area contributed by atoms with Crippen LogP contribution >= 0.6 is 0 Å². The van der Waals surface area contributed by atoms with E-state index >= 15 is 0 Å². The summed E-state index contributed by atoms with van der Waals surface area (Å²) in [6, 6.07) is 1.77. The second-order valence-corrected chi connectivity index (χ2v) is 3.22. The number of nitrogen functional groups attached to an aromatic ring is 1. The smallest absolute Gasteiger partial charge is 0.225 e. The summed E-state index contributed by atoms with van der Waals surface area (Å²) in [7, 11) is 0. The summed E-state index contributed by atoms with van der Waals surface area (Å²) < 4.78 is 0. The lowest BCUT2D eigenvalue weighted by atomic mass is 10.2. The molecule has 0 atom stereocenters. The highest BCUT2D eigenvalue weighted by Gasteiger charge is 2.02. The number of anilines is 2. The highest BCUT2D eigenvalue weighted by atomic mass is 16.1. The number of nitrogens with zero attached hydrogens (tertiary/aromatic N) is 1. The van der Waals surface area contributed by atoms with E-state index in [0.717, 1.165) is 12.0 Å². The predicted octanol–water partition coefficient (Wildman–Crippen LogP) is 1.71. The topological polar surface area (TPSA) is 68.0 Å². The lowest BCUT2D eigenvalue weighted by Gasteiger charge is -2.05. The molecule has 0 saturated carbocycles. The molecule has 4 nitrogen and oxygen atoms in total. The molecule has 0 radical (unpaired) electrons. The normalized spacial score (nSPS) is 9.86. The lowest BCUT2D eigenvalue weighted by molar-refractivity contribution is -0.116. The van der Waals surface area contributed by atoms with Crippen LogP contribution in [0, 0.1) is 6.92 Å². The van der Waals surface area contributed by atoms with E-state index in [1.807, 2.05) is 13.8 Å². The van der Waals surface area contributed by atoms with E-state index in [1.54, 1.807) is 12.3 Å². The number of amides is 1. The number of hydrogen-bond donors (Lipinski definition) is 2. The second kappa shape index (κ2) is 4.60. The zero-order chi connectivity index (χ0) is 10.6. The summed E-state index contributed by atoms with van der Waals surface area (Å²) in [5, 5.41) is 2.71. The summed E-state index contributed by atoms with van der Waals surface area (Å²) in [5.41, 5.74) is 7.16. The van der Waals surface area contributed by atoms with Gasteiger partial charge < -0.3 is 11.1 Å². The monoisotopic (exact) mass is 193 g/mol. The molecule has 0 aliphatic heterocycles. The molecule has 0 unspecified atom stereocenters. The van der Waals surface area contributed by atoms with Gasteiger partial charge >= 0.3 is 0 Å². The van der Waals surface area contributed by atoms with Crippen LogP contribution in [0.2, 0.25) is 0 Å². The van der Waals surface area contributed by atoms with Crippen LogP contribution in [0.3, 0.4) is 0 Å². The fraction of sp³-hybridized carbons (Fsp3) is 0.400. The van der Waals surface area contributed by atoms with Crippen molar-refractivity contribution in [3.05, 3.63) is 17.8 Å². The Morgan fingerprint density at radius 2 is 2.36 bits per heavy atom. The molecule has 14 heavy (non-hydrogen) atoms. The molecule has 1 heterocycles. The molecular formula is C10H15N3O. The minimum atomic E-state index is -0.0100. The van der Waals surface area contributed by atoms with Crippen LogP contribution in [0.5, 0.6) is 0 Å². The van der Waals surface area contributed by atoms with Gasteiger partial charge in [-0.05, 0) is 25.0 Å². The summed E-state index contributed by atoms with van der Waals surface area (Å²) in [6.07, 6.45) is 2.90. The van der Waals surface area contributed by atoms with Crippen molar-refractivity contribution in [2.45, 2.75) is 26.7 Å². The number of nitrogens with one attached hydrogen (secondary N) is 1. The van der Waals surface area contributed by atoms with Gasteiger partial charge in [-0.25, -0.2) is 4.98 Å². The Kier molecular flexibility index (Phi) is 3.45. The quantitative estimate of drug-likeness (QED) is 0.767. The molecule has 0 bridgehead atoms. The first kappa shape index (κ1) is 10.5. The third kappa shape index (κ3) is 2.73. The van der Waals surface area contributed by atoms with Gasteiger partial charge in [-0.3, -0.25) is 4.79 Å². The Bertz CT molecular complexity index is 336. The van der Waals surface area contributed by atoms with Crippen molar-refractivity contribution in [1.29, 1.82) is 0 Å². The van der Waals surface area contributed by atoms with Crippen molar-refractivity contribution in [2.75, 3.05) is 11.1 Å². The van der Waals surface area contributed by atoms with Crippen molar-refractivity contribution in [1.82, 2.24) is 4.98 Å². The van der Waals surface area contributed by atoms with Gasteiger partial charge in [-0.15, -0.1) is 0 Å². The summed E-state index contributed by atoms with van der Waals surface area (Å²) in [5.74, 6) is 0.555. The fourth-order valence-corrected chi connectivity index (χ4v) is 1.07. The maximum absolute atomic E-state index is 11.2. The first-order valence-corrected chi connectivity index (χ1v) is 4.65. The van der Waals surface area contributed by atoms with Gasteiger partial charge in [0, 0.05) is 6.42 Å². The Labute approximate surface area is 83.5 Å². The van der Waals surface area contributed by atoms with Gasteiger partial charge in [0.05, 0.1) is 11.9 Å². The molecule has 0 aromatic carbocycles. The molecule has 0 spiro atoms. The van der Waals surface area contributed by atoms with Crippen LogP contribution in [0.15, 0.2) is 12.3 Å². The van der Waals surface area contributed by atoms with Crippen LogP contribution in [0.25, 0.3) is 0 Å². The Hall–Kier alpha value is -1.58. The number of aryl methyl sites for hydroxylation is 1. The number of rotatable bonds is 3. The van der Waals surface area contributed by atoms with Gasteiger partial charge in [0.1, 0.15) is 5.82 Å². The summed E-state index contributed by atoms with van der Waals surface area (Å²) in [4.78, 5) is 15.2. The van der Waals surface area contributed by atoms with E-state index in [4.69, 9.17) is 5.73 Å². The van der Waals surface area contributed by atoms with Crippen molar-refractivity contribution < 1.29 is 4.79 Å². The standard InChI is InChI=1S/C10H15N3O/c1-3-4-10(14)13-9-5-7(2)8(11)6-12-9/h5-6H,3-4,11H2,1-2H3,(H,12,13,14). The van der Waals surface area contributed by atoms with E-state index in [1.165, 1.54) is 0 Å². The molecule has 3 N–H and O–H groups in total. The SMILES string of the molecule is CCCC(=O)Nc1cc(C)c(N)cn1. The minimum absolute atomic E-state index is 0.0100. The minimum Gasteiger partial charge on any atom is -0.397 e. The number of carbonyl (C=O) groups excluding carboxylic acids is 1. The molecular weight excluding hydrogens is 178 g/mol. The molecule has 1 rings (SSSR count). The number of hydrogen-bond acceptors (Lipinski definition) is 3. The lowest BCUT2D eigenvalue weighted by Crippen LogP contribution is -2.12. The number of pyridine rings is 1. The largest absolute Gasteiger partial charge is 0.397 e. The summed E-state index contributed by atoms with van der Waals surface area (Å²) in [6.45, 7) is 3.84. The molecule has 1 aromatic heterocycles. The molecule has 0 aliphatic carbocycles. The van der Waals surface area contributed by atoms with Gasteiger partial charge in [0.25, 0.3) is 0 Å². The molecule has 4 heteroatoms. The van der Waals surface area contributed by atoms with Gasteiger partial charge in [0.2, 0.25) is 5.91 Å². The van der Waals surface area contributed by atoms with Crippen molar-refractivity contribution >= 4 is 17.4 Å². The molecule has 0 fully saturated rings.